The highest BCUT2D eigenvalue weighted by atomic mass is 79.9. The van der Waals surface area contributed by atoms with Gasteiger partial charge >= 0.3 is 0 Å². The van der Waals surface area contributed by atoms with Crippen LogP contribution in [0, 0.1) is 0 Å². The van der Waals surface area contributed by atoms with Gasteiger partial charge in [-0.1, -0.05) is 6.07 Å². The molecule has 0 bridgehead atoms. The first-order valence-corrected chi connectivity index (χ1v) is 9.91. The largest absolute Gasteiger partial charge is 0.454 e. The Bertz CT molecular complexity index is 903. The number of alkyl halides is 1. The summed E-state index contributed by atoms with van der Waals surface area (Å²) in [6.07, 6.45) is 0.0571. The predicted octanol–water partition coefficient (Wildman–Crippen LogP) is 4.86. The third kappa shape index (κ3) is 3.16. The van der Waals surface area contributed by atoms with Gasteiger partial charge < -0.3 is 15.5 Å². The highest BCUT2D eigenvalue weighted by molar-refractivity contribution is 9.10. The maximum absolute atomic E-state index is 13.8. The second-order valence-corrected chi connectivity index (χ2v) is 8.17. The molecule has 1 aliphatic rings. The first kappa shape index (κ1) is 17.2. The second kappa shape index (κ2) is 6.83. The minimum absolute atomic E-state index is 0.119. The van der Waals surface area contributed by atoms with Crippen LogP contribution in [-0.4, -0.2) is 22.2 Å². The van der Waals surface area contributed by atoms with Gasteiger partial charge in [0.1, 0.15) is 17.4 Å². The number of anilines is 1. The van der Waals surface area contributed by atoms with Crippen molar-refractivity contribution in [2.24, 2.45) is 5.73 Å². The molecule has 3 N–H and O–H groups in total. The Morgan fingerprint density at radius 2 is 2.28 bits per heavy atom. The van der Waals surface area contributed by atoms with E-state index < -0.39 is 12.2 Å². The van der Waals surface area contributed by atoms with Crippen LogP contribution in [0.3, 0.4) is 0 Å². The Hall–Kier alpha value is -1.22. The average Bonchev–Trinajstić information content (AvgIpc) is 3.29. The number of furan rings is 1. The summed E-state index contributed by atoms with van der Waals surface area (Å²) in [5, 5.41) is 5.37. The summed E-state index contributed by atoms with van der Waals surface area (Å²) in [5.74, 6) is 0.930. The molecule has 0 aliphatic heterocycles. The molecular formula is C16H15BrClFN4OS. The van der Waals surface area contributed by atoms with Gasteiger partial charge in [0.05, 0.1) is 11.0 Å². The molecule has 0 saturated heterocycles. The van der Waals surface area contributed by atoms with Crippen LogP contribution in [-0.2, 0) is 6.54 Å². The minimum Gasteiger partial charge on any atom is -0.454 e. The molecular weight excluding hydrogens is 431 g/mol. The first-order valence-electron chi connectivity index (χ1n) is 7.86. The molecule has 1 fully saturated rings. The van der Waals surface area contributed by atoms with Gasteiger partial charge in [-0.2, -0.15) is 4.98 Å². The normalized spacial score (nSPS) is 23.4. The standard InChI is InChI=1S/C16H15BrClFN4OS/c17-10-12-14(24-13(10)8-3-4-9(19)11(8)20)15(23-16(18)22-12)21-6-7-2-1-5-25-7/h1-2,5,8-9,11H,3-4,6,20H2,(H,21,22,23)/t8-,9-,11+/m0/s1. The van der Waals surface area contributed by atoms with Crippen molar-refractivity contribution in [3.05, 3.63) is 37.9 Å². The lowest BCUT2D eigenvalue weighted by molar-refractivity contribution is 0.300. The van der Waals surface area contributed by atoms with E-state index in [1.54, 1.807) is 11.3 Å². The van der Waals surface area contributed by atoms with Crippen molar-refractivity contribution in [3.63, 3.8) is 0 Å². The summed E-state index contributed by atoms with van der Waals surface area (Å²) in [5.41, 5.74) is 7.07. The maximum Gasteiger partial charge on any atom is 0.225 e. The third-order valence-electron chi connectivity index (χ3n) is 4.46. The van der Waals surface area contributed by atoms with Gasteiger partial charge in [-0.25, -0.2) is 9.37 Å². The van der Waals surface area contributed by atoms with E-state index in [-0.39, 0.29) is 11.2 Å². The molecule has 4 rings (SSSR count). The lowest BCUT2D eigenvalue weighted by Gasteiger charge is -2.14. The van der Waals surface area contributed by atoms with Gasteiger partial charge in [-0.15, -0.1) is 11.3 Å². The molecule has 1 aliphatic carbocycles. The number of halogens is 3. The molecule has 0 radical (unpaired) electrons. The number of aromatic nitrogens is 2. The van der Waals surface area contributed by atoms with E-state index in [9.17, 15) is 4.39 Å². The van der Waals surface area contributed by atoms with Gasteiger partial charge in [-0.05, 0) is 51.8 Å². The fraction of sp³-hybridized carbons (Fsp3) is 0.375. The van der Waals surface area contributed by atoms with Crippen LogP contribution in [0.15, 0.2) is 26.4 Å². The van der Waals surface area contributed by atoms with Crippen molar-refractivity contribution >= 4 is 55.8 Å². The average molecular weight is 446 g/mol. The fourth-order valence-corrected chi connectivity index (χ4v) is 4.62. The van der Waals surface area contributed by atoms with Crippen LogP contribution in [0.2, 0.25) is 5.28 Å². The molecule has 132 valence electrons. The van der Waals surface area contributed by atoms with Crippen LogP contribution in [0.4, 0.5) is 10.2 Å². The van der Waals surface area contributed by atoms with Crippen molar-refractivity contribution < 1.29 is 8.81 Å². The van der Waals surface area contributed by atoms with Gasteiger partial charge in [-0.3, -0.25) is 0 Å². The maximum atomic E-state index is 13.8. The van der Waals surface area contributed by atoms with E-state index in [0.717, 1.165) is 4.88 Å². The Balaban J connectivity index is 1.73. The van der Waals surface area contributed by atoms with E-state index in [0.29, 0.717) is 46.5 Å². The SMILES string of the molecule is N[C@@H]1[C@@H](c2oc3c(NCc4cccs4)nc(Cl)nc3c2Br)CC[C@@H]1F. The van der Waals surface area contributed by atoms with Crippen molar-refractivity contribution in [1.82, 2.24) is 9.97 Å². The Kier molecular flexibility index (Phi) is 4.70. The summed E-state index contributed by atoms with van der Waals surface area (Å²) >= 11 is 11.2. The summed E-state index contributed by atoms with van der Waals surface area (Å²) < 4.78 is 20.5. The third-order valence-corrected chi connectivity index (χ3v) is 6.27. The van der Waals surface area contributed by atoms with Crippen molar-refractivity contribution in [1.29, 1.82) is 0 Å². The molecule has 0 amide bonds. The smallest absolute Gasteiger partial charge is 0.225 e. The number of rotatable bonds is 4. The van der Waals surface area contributed by atoms with Gasteiger partial charge in [0.15, 0.2) is 11.4 Å². The lowest BCUT2D eigenvalue weighted by Crippen LogP contribution is -2.31. The second-order valence-electron chi connectivity index (χ2n) is 6.01. The van der Waals surface area contributed by atoms with E-state index in [4.69, 9.17) is 21.8 Å². The highest BCUT2D eigenvalue weighted by Crippen LogP contribution is 2.43. The lowest BCUT2D eigenvalue weighted by atomic mass is 10.0. The monoisotopic (exact) mass is 444 g/mol. The molecule has 5 nitrogen and oxygen atoms in total. The van der Waals surface area contributed by atoms with Crippen LogP contribution in [0.5, 0.6) is 0 Å². The van der Waals surface area contributed by atoms with Crippen molar-refractivity contribution in [2.45, 2.75) is 37.5 Å². The summed E-state index contributed by atoms with van der Waals surface area (Å²) in [6.45, 7) is 0.600. The number of nitrogens with two attached hydrogens (primary N) is 1. The number of hydrogen-bond acceptors (Lipinski definition) is 6. The van der Waals surface area contributed by atoms with Crippen molar-refractivity contribution in [2.75, 3.05) is 5.32 Å². The van der Waals surface area contributed by atoms with Crippen LogP contribution in [0.25, 0.3) is 11.1 Å². The molecule has 9 heteroatoms. The highest BCUT2D eigenvalue weighted by Gasteiger charge is 2.38. The molecule has 0 unspecified atom stereocenters. The molecule has 3 aromatic rings. The molecule has 0 spiro atoms. The quantitative estimate of drug-likeness (QED) is 0.561. The zero-order chi connectivity index (χ0) is 17.6. The van der Waals surface area contributed by atoms with Crippen molar-refractivity contribution in [3.8, 4) is 0 Å². The summed E-state index contributed by atoms with van der Waals surface area (Å²) in [4.78, 5) is 9.66. The molecule has 3 atom stereocenters. The summed E-state index contributed by atoms with van der Waals surface area (Å²) in [6, 6.07) is 3.43. The first-order chi connectivity index (χ1) is 12.0. The van der Waals surface area contributed by atoms with E-state index in [2.05, 4.69) is 31.2 Å². The van der Waals surface area contributed by atoms with Gasteiger partial charge in [0.2, 0.25) is 5.28 Å². The number of nitrogens with zero attached hydrogens (tertiary/aromatic N) is 2. The van der Waals surface area contributed by atoms with Crippen LogP contribution in [0.1, 0.15) is 29.4 Å². The Labute approximate surface area is 160 Å². The fourth-order valence-electron chi connectivity index (χ4n) is 3.16. The zero-order valence-corrected chi connectivity index (χ0v) is 16.2. The zero-order valence-electron chi connectivity index (χ0n) is 13.0. The predicted molar refractivity (Wildman–Crippen MR) is 101 cm³/mol. The van der Waals surface area contributed by atoms with Gasteiger partial charge in [0.25, 0.3) is 0 Å². The number of fused-ring (bicyclic) bond motifs is 1. The molecule has 1 saturated carbocycles. The number of nitrogens with one attached hydrogen (secondary N) is 1. The number of thiophene rings is 1. The van der Waals surface area contributed by atoms with Gasteiger partial charge in [0, 0.05) is 16.8 Å². The minimum atomic E-state index is -1.02. The van der Waals surface area contributed by atoms with E-state index in [1.165, 1.54) is 0 Å². The molecule has 3 aromatic heterocycles. The van der Waals surface area contributed by atoms with Crippen LogP contribution < -0.4 is 11.1 Å². The molecule has 0 aromatic carbocycles. The molecule has 3 heterocycles. The Morgan fingerprint density at radius 1 is 1.44 bits per heavy atom. The number of hydrogen-bond donors (Lipinski definition) is 2. The van der Waals surface area contributed by atoms with Crippen LogP contribution >= 0.6 is 38.9 Å². The summed E-state index contributed by atoms with van der Waals surface area (Å²) in [7, 11) is 0. The topological polar surface area (TPSA) is 77.0 Å². The van der Waals surface area contributed by atoms with E-state index in [1.807, 2.05) is 17.5 Å². The molecule has 25 heavy (non-hydrogen) atoms. The van der Waals surface area contributed by atoms with E-state index >= 15 is 0 Å². The Morgan fingerprint density at radius 3 is 2.96 bits per heavy atom.